The molecule has 3 heteroatoms. The van der Waals surface area contributed by atoms with E-state index in [0.29, 0.717) is 10.7 Å². The predicted molar refractivity (Wildman–Crippen MR) is 72.5 cm³/mol. The largest absolute Gasteiger partial charge is 0.207 e. The highest BCUT2D eigenvalue weighted by Gasteiger charge is 2.23. The highest BCUT2D eigenvalue weighted by molar-refractivity contribution is 9.10. The van der Waals surface area contributed by atoms with E-state index >= 15 is 0 Å². The molecule has 0 radical (unpaired) electrons. The first-order chi connectivity index (χ1) is 7.66. The Kier molecular flexibility index (Phi) is 4.42. The molecule has 0 spiro atoms. The molecule has 2 rings (SSSR count). The van der Waals surface area contributed by atoms with Gasteiger partial charge in [0.25, 0.3) is 0 Å². The van der Waals surface area contributed by atoms with Gasteiger partial charge in [-0.3, -0.25) is 0 Å². The summed E-state index contributed by atoms with van der Waals surface area (Å²) in [5, 5.41) is 0. The van der Waals surface area contributed by atoms with Gasteiger partial charge < -0.3 is 0 Å². The van der Waals surface area contributed by atoms with Gasteiger partial charge in [0.15, 0.2) is 0 Å². The molecule has 16 heavy (non-hydrogen) atoms. The van der Waals surface area contributed by atoms with Gasteiger partial charge >= 0.3 is 0 Å². The normalized spacial score (nSPS) is 25.7. The van der Waals surface area contributed by atoms with Crippen LogP contribution in [0.3, 0.4) is 0 Å². The third-order valence-corrected chi connectivity index (χ3v) is 5.01. The number of hydrogen-bond donors (Lipinski definition) is 0. The number of hydrogen-bond acceptors (Lipinski definition) is 0. The summed E-state index contributed by atoms with van der Waals surface area (Å²) in [4.78, 5) is 0.560. The second-order valence-electron chi connectivity index (χ2n) is 4.50. The maximum atomic E-state index is 13.7. The van der Waals surface area contributed by atoms with E-state index in [2.05, 4.69) is 31.9 Å². The molecule has 0 aliphatic heterocycles. The Morgan fingerprint density at radius 2 is 2.00 bits per heavy atom. The number of alkyl halides is 1. The molecule has 2 atom stereocenters. The van der Waals surface area contributed by atoms with Crippen LogP contribution in [0.2, 0.25) is 0 Å². The van der Waals surface area contributed by atoms with Crippen molar-refractivity contribution < 1.29 is 4.39 Å². The summed E-state index contributed by atoms with van der Waals surface area (Å²) in [6.07, 6.45) is 5.88. The van der Waals surface area contributed by atoms with E-state index in [4.69, 9.17) is 0 Å². The van der Waals surface area contributed by atoms with Crippen molar-refractivity contribution in [2.24, 2.45) is 5.92 Å². The molecule has 0 nitrogen and oxygen atoms in total. The molecule has 1 fully saturated rings. The van der Waals surface area contributed by atoms with E-state index in [1.54, 1.807) is 6.07 Å². The van der Waals surface area contributed by atoms with Crippen LogP contribution in [0, 0.1) is 11.7 Å². The lowest BCUT2D eigenvalue weighted by molar-refractivity contribution is 0.369. The van der Waals surface area contributed by atoms with Gasteiger partial charge in [0, 0.05) is 9.30 Å². The Morgan fingerprint density at radius 3 is 2.69 bits per heavy atom. The molecule has 0 aromatic heterocycles. The summed E-state index contributed by atoms with van der Waals surface area (Å²) in [7, 11) is 0. The Morgan fingerprint density at radius 1 is 1.25 bits per heavy atom. The van der Waals surface area contributed by atoms with Crippen molar-refractivity contribution in [1.29, 1.82) is 0 Å². The molecule has 1 saturated carbocycles. The van der Waals surface area contributed by atoms with Gasteiger partial charge in [0.2, 0.25) is 0 Å². The Balaban J connectivity index is 2.07. The predicted octanol–water partition coefficient (Wildman–Crippen LogP) is 5.08. The van der Waals surface area contributed by atoms with Crippen LogP contribution >= 0.6 is 31.9 Å². The van der Waals surface area contributed by atoms with Crippen LogP contribution in [-0.4, -0.2) is 4.83 Å². The zero-order chi connectivity index (χ0) is 11.5. The van der Waals surface area contributed by atoms with Gasteiger partial charge in [-0.05, 0) is 42.9 Å². The molecule has 1 aliphatic rings. The lowest BCUT2D eigenvalue weighted by atomic mass is 9.84. The summed E-state index contributed by atoms with van der Waals surface area (Å²) in [6, 6.07) is 5.37. The van der Waals surface area contributed by atoms with Gasteiger partial charge in [-0.1, -0.05) is 50.8 Å². The average molecular weight is 350 g/mol. The van der Waals surface area contributed by atoms with E-state index in [0.717, 1.165) is 16.5 Å². The van der Waals surface area contributed by atoms with E-state index in [9.17, 15) is 4.39 Å². The van der Waals surface area contributed by atoms with Crippen molar-refractivity contribution in [2.45, 2.75) is 36.9 Å². The fraction of sp³-hybridized carbons (Fsp3) is 0.538. The lowest BCUT2D eigenvalue weighted by Crippen LogP contribution is -2.21. The third-order valence-electron chi connectivity index (χ3n) is 3.31. The first-order valence-electron chi connectivity index (χ1n) is 5.75. The van der Waals surface area contributed by atoms with E-state index in [-0.39, 0.29) is 5.82 Å². The van der Waals surface area contributed by atoms with Crippen molar-refractivity contribution in [3.63, 3.8) is 0 Å². The minimum Gasteiger partial charge on any atom is -0.207 e. The molecule has 1 aliphatic carbocycles. The second-order valence-corrected chi connectivity index (χ2v) is 6.59. The van der Waals surface area contributed by atoms with Crippen molar-refractivity contribution in [3.05, 3.63) is 34.1 Å². The van der Waals surface area contributed by atoms with Gasteiger partial charge in [-0.25, -0.2) is 4.39 Å². The minimum absolute atomic E-state index is 0.0837. The molecule has 88 valence electrons. The standard InChI is InChI=1S/C13H15Br2F/c14-11-6-5-10(13(16)8-11)7-9-3-1-2-4-12(9)15/h5-6,8-9,12H,1-4,7H2. The van der Waals surface area contributed by atoms with E-state index in [1.807, 2.05) is 12.1 Å². The van der Waals surface area contributed by atoms with Crippen molar-refractivity contribution in [3.8, 4) is 0 Å². The number of benzene rings is 1. The van der Waals surface area contributed by atoms with Crippen LogP contribution in [0.5, 0.6) is 0 Å². The topological polar surface area (TPSA) is 0 Å². The molecule has 1 aromatic carbocycles. The van der Waals surface area contributed by atoms with Crippen molar-refractivity contribution >= 4 is 31.9 Å². The smallest absolute Gasteiger partial charge is 0.127 e. The van der Waals surface area contributed by atoms with Crippen LogP contribution < -0.4 is 0 Å². The van der Waals surface area contributed by atoms with E-state index in [1.165, 1.54) is 25.7 Å². The Labute approximate surface area is 113 Å². The lowest BCUT2D eigenvalue weighted by Gasteiger charge is -2.27. The molecule has 0 bridgehead atoms. The summed E-state index contributed by atoms with van der Waals surface area (Å²) in [5.41, 5.74) is 0.847. The van der Waals surface area contributed by atoms with Crippen molar-refractivity contribution in [1.82, 2.24) is 0 Å². The first-order valence-corrected chi connectivity index (χ1v) is 7.45. The number of halogens is 3. The van der Waals surface area contributed by atoms with Crippen molar-refractivity contribution in [2.75, 3.05) is 0 Å². The highest BCUT2D eigenvalue weighted by Crippen LogP contribution is 2.33. The van der Waals surface area contributed by atoms with Crippen LogP contribution in [0.4, 0.5) is 4.39 Å². The molecule has 0 heterocycles. The summed E-state index contributed by atoms with van der Waals surface area (Å²) in [6.45, 7) is 0. The first kappa shape index (κ1) is 12.6. The zero-order valence-electron chi connectivity index (χ0n) is 9.06. The van der Waals surface area contributed by atoms with E-state index < -0.39 is 0 Å². The van der Waals surface area contributed by atoms with Gasteiger partial charge in [-0.2, -0.15) is 0 Å². The molecular formula is C13H15Br2F. The molecule has 0 amide bonds. The molecule has 0 saturated heterocycles. The molecule has 2 unspecified atom stereocenters. The third kappa shape index (κ3) is 3.07. The Hall–Kier alpha value is 0.110. The Bertz CT molecular complexity index is 365. The van der Waals surface area contributed by atoms with Gasteiger partial charge in [0.1, 0.15) is 5.82 Å². The fourth-order valence-corrected chi connectivity index (χ4v) is 3.47. The van der Waals surface area contributed by atoms with Gasteiger partial charge in [-0.15, -0.1) is 0 Å². The minimum atomic E-state index is -0.0837. The summed E-state index contributed by atoms with van der Waals surface area (Å²) < 4.78 is 14.5. The highest BCUT2D eigenvalue weighted by atomic mass is 79.9. The van der Waals surface area contributed by atoms with Crippen LogP contribution in [-0.2, 0) is 6.42 Å². The van der Waals surface area contributed by atoms with Gasteiger partial charge in [0.05, 0.1) is 0 Å². The molecule has 0 N–H and O–H groups in total. The maximum Gasteiger partial charge on any atom is 0.127 e. The monoisotopic (exact) mass is 348 g/mol. The van der Waals surface area contributed by atoms with Crippen LogP contribution in [0.25, 0.3) is 0 Å². The number of rotatable bonds is 2. The average Bonchev–Trinajstić information content (AvgIpc) is 2.25. The molecular weight excluding hydrogens is 335 g/mol. The van der Waals surface area contributed by atoms with Crippen LogP contribution in [0.15, 0.2) is 22.7 Å². The summed E-state index contributed by atoms with van der Waals surface area (Å²) in [5.74, 6) is 0.504. The quantitative estimate of drug-likeness (QED) is 0.653. The van der Waals surface area contributed by atoms with Crippen LogP contribution in [0.1, 0.15) is 31.2 Å². The SMILES string of the molecule is Fc1cc(Br)ccc1CC1CCCCC1Br. The molecule has 1 aromatic rings. The zero-order valence-corrected chi connectivity index (χ0v) is 12.2. The summed E-state index contributed by atoms with van der Waals surface area (Å²) >= 11 is 7.00. The fourth-order valence-electron chi connectivity index (χ4n) is 2.36. The second kappa shape index (κ2) is 5.63. The maximum absolute atomic E-state index is 13.7.